The fourth-order valence-corrected chi connectivity index (χ4v) is 6.12. The van der Waals surface area contributed by atoms with Gasteiger partial charge in [0.2, 0.25) is 10.0 Å². The zero-order valence-corrected chi connectivity index (χ0v) is 24.2. The number of rotatable bonds is 8. The third-order valence-corrected chi connectivity index (χ3v) is 8.37. The average Bonchev–Trinajstić information content (AvgIpc) is 3.75. The van der Waals surface area contributed by atoms with Crippen molar-refractivity contribution in [2.45, 2.75) is 25.9 Å². The van der Waals surface area contributed by atoms with Crippen LogP contribution in [0.5, 0.6) is 0 Å². The lowest BCUT2D eigenvalue weighted by molar-refractivity contribution is 0.331. The van der Waals surface area contributed by atoms with Gasteiger partial charge in [-0.25, -0.2) is 27.5 Å². The van der Waals surface area contributed by atoms with E-state index in [0.29, 0.717) is 33.7 Å². The number of fused-ring (bicyclic) bond motifs is 2. The van der Waals surface area contributed by atoms with E-state index in [1.54, 1.807) is 12.3 Å². The number of nitrogens with one attached hydrogen (secondary N) is 3. The van der Waals surface area contributed by atoms with Crippen molar-refractivity contribution in [2.24, 2.45) is 0 Å². The molecular formula is C31H29FN8O2S. The summed E-state index contributed by atoms with van der Waals surface area (Å²) in [4.78, 5) is 19.8. The van der Waals surface area contributed by atoms with E-state index in [9.17, 15) is 12.8 Å². The fourth-order valence-electron chi connectivity index (χ4n) is 5.69. The smallest absolute Gasteiger partial charge is 0.209 e. The Morgan fingerprint density at radius 2 is 1.84 bits per heavy atom. The Labute approximate surface area is 247 Å². The lowest BCUT2D eigenvalue weighted by Crippen LogP contribution is -2.21. The molecule has 218 valence electrons. The highest BCUT2D eigenvalue weighted by Gasteiger charge is 2.18. The fraction of sp³-hybridized carbons (Fsp3) is 0.226. The Hall–Kier alpha value is -4.52. The monoisotopic (exact) mass is 596 g/mol. The molecule has 1 saturated heterocycles. The molecule has 3 N–H and O–H groups in total. The zero-order chi connectivity index (χ0) is 29.6. The van der Waals surface area contributed by atoms with E-state index in [-0.39, 0.29) is 6.54 Å². The highest BCUT2D eigenvalue weighted by molar-refractivity contribution is 7.88. The number of halogens is 1. The normalized spacial score (nSPS) is 14.3. The van der Waals surface area contributed by atoms with Crippen molar-refractivity contribution in [2.75, 3.05) is 19.3 Å². The van der Waals surface area contributed by atoms with Crippen molar-refractivity contribution in [3.8, 4) is 33.8 Å². The number of aromatic nitrogens is 6. The molecule has 6 heterocycles. The Morgan fingerprint density at radius 1 is 1.00 bits per heavy atom. The van der Waals surface area contributed by atoms with Crippen LogP contribution in [0.4, 0.5) is 4.39 Å². The molecule has 12 heteroatoms. The predicted molar refractivity (Wildman–Crippen MR) is 164 cm³/mol. The van der Waals surface area contributed by atoms with Crippen LogP contribution in [-0.4, -0.2) is 62.8 Å². The second-order valence-electron chi connectivity index (χ2n) is 11.0. The SMILES string of the molecule is CS(=O)(=O)NCc1cc(F)cc(-c2ccnc3[nH]c(-c4n[nH]c5ccc(-c6cncc(CN7CCCC7)c6)nc45)cc23)c1. The van der Waals surface area contributed by atoms with E-state index in [0.717, 1.165) is 59.2 Å². The first-order chi connectivity index (χ1) is 20.8. The predicted octanol–water partition coefficient (Wildman–Crippen LogP) is 5.01. The van der Waals surface area contributed by atoms with Crippen LogP contribution in [0.1, 0.15) is 24.0 Å². The number of likely N-dealkylation sites (tertiary alicyclic amines) is 1. The molecule has 0 saturated carbocycles. The summed E-state index contributed by atoms with van der Waals surface area (Å²) in [5.74, 6) is -0.461. The summed E-state index contributed by atoms with van der Waals surface area (Å²) in [5.41, 5.74) is 8.23. The molecule has 5 aromatic heterocycles. The van der Waals surface area contributed by atoms with Gasteiger partial charge in [0.25, 0.3) is 0 Å². The molecule has 0 bridgehead atoms. The molecule has 0 amide bonds. The Kier molecular flexibility index (Phi) is 6.96. The number of benzene rings is 1. The van der Waals surface area contributed by atoms with Gasteiger partial charge in [0.15, 0.2) is 0 Å². The number of H-pyrrole nitrogens is 2. The first-order valence-corrected chi connectivity index (χ1v) is 15.9. The largest absolute Gasteiger partial charge is 0.338 e. The van der Waals surface area contributed by atoms with Gasteiger partial charge in [-0.1, -0.05) is 0 Å². The number of nitrogens with zero attached hydrogens (tertiary/aromatic N) is 5. The van der Waals surface area contributed by atoms with E-state index in [4.69, 9.17) is 4.98 Å². The third kappa shape index (κ3) is 5.76. The second-order valence-corrected chi connectivity index (χ2v) is 12.8. The molecule has 1 aromatic carbocycles. The maximum Gasteiger partial charge on any atom is 0.209 e. The molecule has 7 rings (SSSR count). The van der Waals surface area contributed by atoms with E-state index < -0.39 is 15.8 Å². The summed E-state index contributed by atoms with van der Waals surface area (Å²) >= 11 is 0. The number of hydrogen-bond acceptors (Lipinski definition) is 7. The highest BCUT2D eigenvalue weighted by Crippen LogP contribution is 2.34. The van der Waals surface area contributed by atoms with Crippen molar-refractivity contribution >= 4 is 32.1 Å². The van der Waals surface area contributed by atoms with Crippen LogP contribution in [0.15, 0.2) is 67.1 Å². The van der Waals surface area contributed by atoms with Gasteiger partial charge in [0.05, 0.1) is 23.2 Å². The van der Waals surface area contributed by atoms with Gasteiger partial charge in [-0.15, -0.1) is 0 Å². The van der Waals surface area contributed by atoms with Crippen LogP contribution >= 0.6 is 0 Å². The standard InChI is InChI=1S/C31H29FN8O2S/c1-43(41,42)35-16-19-10-21(13-23(32)12-19)24-6-7-34-31-25(24)14-28(37-31)30-29-27(38-39-30)5-4-26(36-29)22-11-20(15-33-17-22)18-40-8-2-3-9-40/h4-7,10-15,17,35H,2-3,8-9,16,18H2,1H3,(H,34,37)(H,38,39). The molecule has 0 spiro atoms. The molecule has 6 aromatic rings. The van der Waals surface area contributed by atoms with Crippen LogP contribution in [0, 0.1) is 5.82 Å². The molecule has 1 aliphatic heterocycles. The second kappa shape index (κ2) is 11.0. The average molecular weight is 597 g/mol. The van der Waals surface area contributed by atoms with E-state index in [1.807, 2.05) is 36.7 Å². The first kappa shape index (κ1) is 27.3. The molecule has 0 unspecified atom stereocenters. The minimum atomic E-state index is -3.42. The lowest BCUT2D eigenvalue weighted by atomic mass is 10.0. The van der Waals surface area contributed by atoms with Gasteiger partial charge in [-0.3, -0.25) is 15.0 Å². The van der Waals surface area contributed by atoms with Crippen molar-refractivity contribution in [1.29, 1.82) is 0 Å². The molecule has 0 radical (unpaired) electrons. The summed E-state index contributed by atoms with van der Waals surface area (Å²) < 4.78 is 40.2. The van der Waals surface area contributed by atoms with Gasteiger partial charge in [-0.05, 0) is 96.7 Å². The summed E-state index contributed by atoms with van der Waals surface area (Å²) in [6.07, 6.45) is 8.96. The lowest BCUT2D eigenvalue weighted by Gasteiger charge is -2.14. The van der Waals surface area contributed by atoms with Crippen molar-refractivity contribution < 1.29 is 12.8 Å². The summed E-state index contributed by atoms with van der Waals surface area (Å²) in [6, 6.07) is 14.3. The molecule has 1 aliphatic rings. The quantitative estimate of drug-likeness (QED) is 0.225. The van der Waals surface area contributed by atoms with E-state index in [1.165, 1.54) is 25.0 Å². The molecule has 0 aliphatic carbocycles. The molecule has 43 heavy (non-hydrogen) atoms. The number of sulfonamides is 1. The van der Waals surface area contributed by atoms with Crippen molar-refractivity contribution in [3.63, 3.8) is 0 Å². The maximum absolute atomic E-state index is 14.6. The van der Waals surface area contributed by atoms with Crippen LogP contribution in [-0.2, 0) is 23.1 Å². The zero-order valence-electron chi connectivity index (χ0n) is 23.4. The number of aromatic amines is 2. The topological polar surface area (TPSA) is 133 Å². The Bertz CT molecular complexity index is 2080. The van der Waals surface area contributed by atoms with Gasteiger partial charge in [0, 0.05) is 42.6 Å². The molecule has 0 atom stereocenters. The molecule has 1 fully saturated rings. The van der Waals surface area contributed by atoms with Gasteiger partial charge in [-0.2, -0.15) is 5.10 Å². The van der Waals surface area contributed by atoms with E-state index in [2.05, 4.69) is 40.8 Å². The van der Waals surface area contributed by atoms with Crippen LogP contribution in [0.2, 0.25) is 0 Å². The van der Waals surface area contributed by atoms with Crippen LogP contribution in [0.25, 0.3) is 55.8 Å². The maximum atomic E-state index is 14.6. The van der Waals surface area contributed by atoms with E-state index >= 15 is 0 Å². The Morgan fingerprint density at radius 3 is 2.67 bits per heavy atom. The minimum Gasteiger partial charge on any atom is -0.338 e. The van der Waals surface area contributed by atoms with Gasteiger partial charge >= 0.3 is 0 Å². The van der Waals surface area contributed by atoms with Gasteiger partial charge < -0.3 is 4.98 Å². The third-order valence-electron chi connectivity index (χ3n) is 7.70. The highest BCUT2D eigenvalue weighted by atomic mass is 32.2. The minimum absolute atomic E-state index is 0.0137. The first-order valence-electron chi connectivity index (χ1n) is 14.0. The van der Waals surface area contributed by atoms with Crippen molar-refractivity contribution in [3.05, 3.63) is 84.1 Å². The molecule has 10 nitrogen and oxygen atoms in total. The number of hydrogen-bond donors (Lipinski definition) is 3. The summed E-state index contributed by atoms with van der Waals surface area (Å²) in [5, 5.41) is 8.42. The van der Waals surface area contributed by atoms with Gasteiger partial charge in [0.1, 0.15) is 22.7 Å². The Balaban J connectivity index is 1.24. The van der Waals surface area contributed by atoms with Crippen LogP contribution < -0.4 is 4.72 Å². The van der Waals surface area contributed by atoms with Crippen LogP contribution in [0.3, 0.4) is 0 Å². The summed E-state index contributed by atoms with van der Waals surface area (Å²) in [6.45, 7) is 3.11. The number of pyridine rings is 3. The van der Waals surface area contributed by atoms with Crippen molar-refractivity contribution in [1.82, 2.24) is 39.8 Å². The molecular weight excluding hydrogens is 567 g/mol. The summed E-state index contributed by atoms with van der Waals surface area (Å²) in [7, 11) is -3.42.